The van der Waals surface area contributed by atoms with Crippen LogP contribution in [0.3, 0.4) is 0 Å². The summed E-state index contributed by atoms with van der Waals surface area (Å²) >= 11 is 0. The predicted molar refractivity (Wildman–Crippen MR) is 37.0 cm³/mol. The van der Waals surface area contributed by atoms with E-state index >= 15 is 0 Å². The Hall–Kier alpha value is -1.26. The summed E-state index contributed by atoms with van der Waals surface area (Å²) in [6.07, 6.45) is 0.319. The van der Waals surface area contributed by atoms with Crippen molar-refractivity contribution >= 4 is 12.5 Å². The Kier molecular flexibility index (Phi) is 2.71. The van der Waals surface area contributed by atoms with Crippen molar-refractivity contribution in [3.63, 3.8) is 0 Å². The minimum atomic E-state index is -0.294. The third-order valence-corrected chi connectivity index (χ3v) is 1.45. The summed E-state index contributed by atoms with van der Waals surface area (Å²) in [5.41, 5.74) is 0. The first-order valence-corrected chi connectivity index (χ1v) is 3.43. The Labute approximate surface area is 64.3 Å². The van der Waals surface area contributed by atoms with Crippen molar-refractivity contribution in [1.29, 1.82) is 0 Å². The Morgan fingerprint density at radius 1 is 1.73 bits per heavy atom. The number of rotatable bonds is 4. The SMILES string of the molecule is O=CNCCN1CCOC1=O. The summed E-state index contributed by atoms with van der Waals surface area (Å²) in [5, 5.41) is 2.47. The summed E-state index contributed by atoms with van der Waals surface area (Å²) in [4.78, 5) is 22.1. The smallest absolute Gasteiger partial charge is 0.409 e. The van der Waals surface area contributed by atoms with Gasteiger partial charge in [0, 0.05) is 13.1 Å². The van der Waals surface area contributed by atoms with E-state index in [-0.39, 0.29) is 6.09 Å². The second kappa shape index (κ2) is 3.80. The first kappa shape index (κ1) is 7.84. The molecule has 5 nitrogen and oxygen atoms in total. The molecule has 11 heavy (non-hydrogen) atoms. The van der Waals surface area contributed by atoms with E-state index < -0.39 is 0 Å². The van der Waals surface area contributed by atoms with Gasteiger partial charge in [-0.05, 0) is 0 Å². The fourth-order valence-corrected chi connectivity index (χ4v) is 0.887. The van der Waals surface area contributed by atoms with Crippen LogP contribution in [-0.4, -0.2) is 43.6 Å². The average molecular weight is 158 g/mol. The number of amides is 2. The lowest BCUT2D eigenvalue weighted by atomic mass is 10.5. The van der Waals surface area contributed by atoms with Gasteiger partial charge in [-0.3, -0.25) is 4.79 Å². The van der Waals surface area contributed by atoms with Gasteiger partial charge in [-0.2, -0.15) is 0 Å². The molecule has 2 amide bonds. The quantitative estimate of drug-likeness (QED) is 0.429. The fourth-order valence-electron chi connectivity index (χ4n) is 0.887. The van der Waals surface area contributed by atoms with Crippen molar-refractivity contribution in [2.24, 2.45) is 0 Å². The third-order valence-electron chi connectivity index (χ3n) is 1.45. The predicted octanol–water partition coefficient (Wildman–Crippen LogP) is -0.815. The minimum Gasteiger partial charge on any atom is -0.448 e. The molecule has 0 aromatic carbocycles. The van der Waals surface area contributed by atoms with Crippen LogP contribution in [0.2, 0.25) is 0 Å². The highest BCUT2D eigenvalue weighted by molar-refractivity contribution is 5.69. The van der Waals surface area contributed by atoms with Crippen molar-refractivity contribution in [2.75, 3.05) is 26.2 Å². The lowest BCUT2D eigenvalue weighted by Crippen LogP contribution is -2.32. The Bertz CT molecular complexity index is 160. The first-order chi connectivity index (χ1) is 5.34. The summed E-state index contributed by atoms with van der Waals surface area (Å²) in [6.45, 7) is 2.09. The van der Waals surface area contributed by atoms with Gasteiger partial charge < -0.3 is 15.0 Å². The number of carbonyl (C=O) groups excluding carboxylic acids is 2. The zero-order valence-corrected chi connectivity index (χ0v) is 6.08. The molecule has 0 aliphatic carbocycles. The maximum Gasteiger partial charge on any atom is 0.409 e. The van der Waals surface area contributed by atoms with Gasteiger partial charge in [0.1, 0.15) is 6.61 Å². The van der Waals surface area contributed by atoms with Crippen LogP contribution >= 0.6 is 0 Å². The van der Waals surface area contributed by atoms with Crippen LogP contribution < -0.4 is 5.32 Å². The Morgan fingerprint density at radius 2 is 2.55 bits per heavy atom. The van der Waals surface area contributed by atoms with Crippen LogP contribution in [0.4, 0.5) is 4.79 Å². The molecule has 1 fully saturated rings. The molecule has 0 spiro atoms. The van der Waals surface area contributed by atoms with Crippen molar-refractivity contribution in [1.82, 2.24) is 10.2 Å². The maximum absolute atomic E-state index is 10.8. The lowest BCUT2D eigenvalue weighted by Gasteiger charge is -2.10. The molecule has 1 heterocycles. The number of cyclic esters (lactones) is 1. The highest BCUT2D eigenvalue weighted by atomic mass is 16.6. The van der Waals surface area contributed by atoms with E-state index in [0.717, 1.165) is 0 Å². The van der Waals surface area contributed by atoms with E-state index in [1.165, 1.54) is 0 Å². The first-order valence-electron chi connectivity index (χ1n) is 3.43. The monoisotopic (exact) mass is 158 g/mol. The van der Waals surface area contributed by atoms with E-state index in [1.807, 2.05) is 0 Å². The third kappa shape index (κ3) is 2.10. The lowest BCUT2D eigenvalue weighted by molar-refractivity contribution is -0.109. The van der Waals surface area contributed by atoms with Crippen LogP contribution in [0, 0.1) is 0 Å². The maximum atomic E-state index is 10.8. The van der Waals surface area contributed by atoms with Gasteiger partial charge in [0.25, 0.3) is 0 Å². The average Bonchev–Trinajstić information content (AvgIpc) is 2.37. The van der Waals surface area contributed by atoms with E-state index in [2.05, 4.69) is 10.1 Å². The number of ether oxygens (including phenoxy) is 1. The topological polar surface area (TPSA) is 58.6 Å². The standard InChI is InChI=1S/C6H10N2O3/c9-5-7-1-2-8-3-4-11-6(8)10/h5H,1-4H2,(H,7,9). The second-order valence-electron chi connectivity index (χ2n) is 2.17. The molecule has 0 aromatic heterocycles. The number of nitrogens with zero attached hydrogens (tertiary/aromatic N) is 1. The van der Waals surface area contributed by atoms with Crippen LogP contribution in [0.15, 0.2) is 0 Å². The van der Waals surface area contributed by atoms with Gasteiger partial charge in [-0.15, -0.1) is 0 Å². The van der Waals surface area contributed by atoms with E-state index in [0.29, 0.717) is 32.7 Å². The largest absolute Gasteiger partial charge is 0.448 e. The molecule has 0 saturated carbocycles. The molecular weight excluding hydrogens is 148 g/mol. The Balaban J connectivity index is 2.15. The van der Waals surface area contributed by atoms with Crippen LogP contribution in [-0.2, 0) is 9.53 Å². The van der Waals surface area contributed by atoms with Crippen molar-refractivity contribution in [3.8, 4) is 0 Å². The molecule has 1 saturated heterocycles. The number of hydrogen-bond donors (Lipinski definition) is 1. The minimum absolute atomic E-state index is 0.294. The normalized spacial score (nSPS) is 16.4. The molecule has 0 aromatic rings. The molecule has 0 unspecified atom stereocenters. The molecule has 5 heteroatoms. The molecule has 0 radical (unpaired) electrons. The number of nitrogens with one attached hydrogen (secondary N) is 1. The van der Waals surface area contributed by atoms with Crippen molar-refractivity contribution in [3.05, 3.63) is 0 Å². The molecule has 0 bridgehead atoms. The summed E-state index contributed by atoms with van der Waals surface area (Å²) in [5.74, 6) is 0. The molecule has 1 aliphatic rings. The fraction of sp³-hybridized carbons (Fsp3) is 0.667. The summed E-state index contributed by atoms with van der Waals surface area (Å²) in [6, 6.07) is 0. The van der Waals surface area contributed by atoms with Crippen molar-refractivity contribution < 1.29 is 14.3 Å². The molecule has 1 rings (SSSR count). The van der Waals surface area contributed by atoms with Gasteiger partial charge in [-0.1, -0.05) is 0 Å². The molecule has 0 atom stereocenters. The Morgan fingerprint density at radius 3 is 3.09 bits per heavy atom. The highest BCUT2D eigenvalue weighted by Crippen LogP contribution is 2.00. The summed E-state index contributed by atoms with van der Waals surface area (Å²) in [7, 11) is 0. The van der Waals surface area contributed by atoms with Gasteiger partial charge >= 0.3 is 6.09 Å². The van der Waals surface area contributed by atoms with Gasteiger partial charge in [0.2, 0.25) is 6.41 Å². The van der Waals surface area contributed by atoms with E-state index in [9.17, 15) is 9.59 Å². The number of hydrogen-bond acceptors (Lipinski definition) is 3. The van der Waals surface area contributed by atoms with E-state index in [1.54, 1.807) is 4.90 Å². The van der Waals surface area contributed by atoms with Gasteiger partial charge in [0.05, 0.1) is 6.54 Å². The highest BCUT2D eigenvalue weighted by Gasteiger charge is 2.20. The van der Waals surface area contributed by atoms with Gasteiger partial charge in [0.15, 0.2) is 0 Å². The molecule has 1 aliphatic heterocycles. The van der Waals surface area contributed by atoms with E-state index in [4.69, 9.17) is 0 Å². The molecular formula is C6H10N2O3. The van der Waals surface area contributed by atoms with Crippen LogP contribution in [0.25, 0.3) is 0 Å². The van der Waals surface area contributed by atoms with Crippen LogP contribution in [0.1, 0.15) is 0 Å². The zero-order chi connectivity index (χ0) is 8.10. The van der Waals surface area contributed by atoms with Gasteiger partial charge in [-0.25, -0.2) is 4.79 Å². The van der Waals surface area contributed by atoms with Crippen LogP contribution in [0.5, 0.6) is 0 Å². The van der Waals surface area contributed by atoms with Crippen molar-refractivity contribution in [2.45, 2.75) is 0 Å². The zero-order valence-electron chi connectivity index (χ0n) is 6.08. The molecule has 62 valence electrons. The second-order valence-corrected chi connectivity index (χ2v) is 2.17. The number of carbonyl (C=O) groups is 2. The molecule has 1 N–H and O–H groups in total. The summed E-state index contributed by atoms with van der Waals surface area (Å²) < 4.78 is 4.67.